The number of rotatable bonds is 5. The fourth-order valence-corrected chi connectivity index (χ4v) is 2.34. The molecule has 5 nitrogen and oxygen atoms in total. The first-order valence-electron chi connectivity index (χ1n) is 6.68. The smallest absolute Gasteiger partial charge is 0.223 e. The first-order chi connectivity index (χ1) is 8.70. The maximum absolute atomic E-state index is 12.1. The molecule has 1 atom stereocenters. The van der Waals surface area contributed by atoms with Gasteiger partial charge in [0, 0.05) is 31.9 Å². The Morgan fingerprint density at radius 2 is 2.33 bits per heavy atom. The normalized spacial score (nSPS) is 16.4. The van der Waals surface area contributed by atoms with Crippen molar-refractivity contribution in [2.75, 3.05) is 13.1 Å². The fourth-order valence-electron chi connectivity index (χ4n) is 2.34. The van der Waals surface area contributed by atoms with E-state index in [1.807, 2.05) is 11.1 Å². The number of aromatic nitrogens is 2. The summed E-state index contributed by atoms with van der Waals surface area (Å²) in [5.41, 5.74) is 5.51. The molecule has 0 radical (unpaired) electrons. The maximum Gasteiger partial charge on any atom is 0.223 e. The zero-order chi connectivity index (χ0) is 13.0. The Morgan fingerprint density at radius 1 is 1.50 bits per heavy atom. The number of nitrogens with zero attached hydrogens (tertiary/aromatic N) is 3. The standard InChI is InChI=1S/C13H22N4O/c1-11(4-5-14)2-3-13(18)17-9-8-16-7-6-15-12(16)10-17/h6-7,11H,2-5,8-10,14H2,1H3. The Hall–Kier alpha value is -1.36. The van der Waals surface area contributed by atoms with E-state index in [9.17, 15) is 4.79 Å². The van der Waals surface area contributed by atoms with Crippen LogP contribution in [0.15, 0.2) is 12.4 Å². The lowest BCUT2D eigenvalue weighted by Crippen LogP contribution is -2.38. The van der Waals surface area contributed by atoms with Crippen LogP contribution in [0.5, 0.6) is 0 Å². The molecule has 0 bridgehead atoms. The van der Waals surface area contributed by atoms with Crippen molar-refractivity contribution < 1.29 is 4.79 Å². The van der Waals surface area contributed by atoms with Gasteiger partial charge < -0.3 is 15.2 Å². The van der Waals surface area contributed by atoms with Gasteiger partial charge in [0.05, 0.1) is 6.54 Å². The summed E-state index contributed by atoms with van der Waals surface area (Å²) in [7, 11) is 0. The molecule has 1 aromatic rings. The van der Waals surface area contributed by atoms with Crippen LogP contribution >= 0.6 is 0 Å². The third-order valence-corrected chi connectivity index (χ3v) is 3.61. The van der Waals surface area contributed by atoms with Crippen molar-refractivity contribution in [3.63, 3.8) is 0 Å². The Balaban J connectivity index is 1.80. The summed E-state index contributed by atoms with van der Waals surface area (Å²) in [5, 5.41) is 0. The van der Waals surface area contributed by atoms with E-state index in [-0.39, 0.29) is 5.91 Å². The summed E-state index contributed by atoms with van der Waals surface area (Å²) >= 11 is 0. The zero-order valence-electron chi connectivity index (χ0n) is 11.0. The quantitative estimate of drug-likeness (QED) is 0.847. The van der Waals surface area contributed by atoms with Gasteiger partial charge in [-0.15, -0.1) is 0 Å². The first-order valence-corrected chi connectivity index (χ1v) is 6.68. The second-order valence-electron chi connectivity index (χ2n) is 5.07. The SMILES string of the molecule is CC(CCN)CCC(=O)N1CCn2ccnc2C1. The van der Waals surface area contributed by atoms with Crippen LogP contribution in [0.1, 0.15) is 32.0 Å². The van der Waals surface area contributed by atoms with E-state index in [2.05, 4.69) is 16.5 Å². The molecule has 1 aromatic heterocycles. The molecule has 1 aliphatic rings. The molecule has 2 heterocycles. The van der Waals surface area contributed by atoms with Gasteiger partial charge in [-0.05, 0) is 25.3 Å². The maximum atomic E-state index is 12.1. The molecule has 2 rings (SSSR count). The highest BCUT2D eigenvalue weighted by atomic mass is 16.2. The summed E-state index contributed by atoms with van der Waals surface area (Å²) in [6, 6.07) is 0. The van der Waals surface area contributed by atoms with E-state index in [1.165, 1.54) is 0 Å². The highest BCUT2D eigenvalue weighted by Gasteiger charge is 2.21. The minimum absolute atomic E-state index is 0.244. The summed E-state index contributed by atoms with van der Waals surface area (Å²) in [4.78, 5) is 18.3. The lowest BCUT2D eigenvalue weighted by molar-refractivity contribution is -0.133. The zero-order valence-corrected chi connectivity index (χ0v) is 11.0. The van der Waals surface area contributed by atoms with E-state index in [4.69, 9.17) is 5.73 Å². The van der Waals surface area contributed by atoms with E-state index < -0.39 is 0 Å². The van der Waals surface area contributed by atoms with Crippen LogP contribution in [0.2, 0.25) is 0 Å². The molecule has 0 fully saturated rings. The van der Waals surface area contributed by atoms with Crippen molar-refractivity contribution in [3.8, 4) is 0 Å². The van der Waals surface area contributed by atoms with E-state index in [1.54, 1.807) is 6.20 Å². The Bertz CT molecular complexity index is 401. The van der Waals surface area contributed by atoms with Gasteiger partial charge >= 0.3 is 0 Å². The van der Waals surface area contributed by atoms with Gasteiger partial charge in [-0.25, -0.2) is 4.98 Å². The van der Waals surface area contributed by atoms with Gasteiger partial charge in [-0.3, -0.25) is 4.79 Å². The number of carbonyl (C=O) groups excluding carboxylic acids is 1. The van der Waals surface area contributed by atoms with Gasteiger partial charge in [-0.1, -0.05) is 6.92 Å². The van der Waals surface area contributed by atoms with Crippen molar-refractivity contribution in [3.05, 3.63) is 18.2 Å². The average Bonchev–Trinajstić information content (AvgIpc) is 2.83. The average molecular weight is 250 g/mol. The van der Waals surface area contributed by atoms with E-state index in [0.29, 0.717) is 25.4 Å². The minimum Gasteiger partial charge on any atom is -0.333 e. The number of amides is 1. The molecule has 1 amide bonds. The van der Waals surface area contributed by atoms with Crippen LogP contribution in [0, 0.1) is 5.92 Å². The Morgan fingerprint density at radius 3 is 3.11 bits per heavy atom. The van der Waals surface area contributed by atoms with Gasteiger partial charge in [0.2, 0.25) is 5.91 Å². The lowest BCUT2D eigenvalue weighted by atomic mass is 10.0. The number of nitrogens with two attached hydrogens (primary N) is 1. The highest BCUT2D eigenvalue weighted by molar-refractivity contribution is 5.76. The largest absolute Gasteiger partial charge is 0.333 e. The fraction of sp³-hybridized carbons (Fsp3) is 0.692. The number of hydrogen-bond acceptors (Lipinski definition) is 3. The molecular weight excluding hydrogens is 228 g/mol. The number of fused-ring (bicyclic) bond motifs is 1. The third kappa shape index (κ3) is 3.10. The van der Waals surface area contributed by atoms with Crippen molar-refractivity contribution >= 4 is 5.91 Å². The van der Waals surface area contributed by atoms with Crippen molar-refractivity contribution in [2.45, 2.75) is 39.3 Å². The van der Waals surface area contributed by atoms with E-state index in [0.717, 1.165) is 31.8 Å². The molecule has 100 valence electrons. The molecule has 0 aromatic carbocycles. The van der Waals surface area contributed by atoms with Gasteiger partial charge in [0.15, 0.2) is 0 Å². The van der Waals surface area contributed by atoms with Crippen LogP contribution in [0.4, 0.5) is 0 Å². The second-order valence-corrected chi connectivity index (χ2v) is 5.07. The number of imidazole rings is 1. The summed E-state index contributed by atoms with van der Waals surface area (Å²) in [6.45, 7) is 5.17. The molecule has 0 saturated heterocycles. The van der Waals surface area contributed by atoms with Gasteiger partial charge in [0.25, 0.3) is 0 Å². The molecular formula is C13H22N4O. The summed E-state index contributed by atoms with van der Waals surface area (Å²) in [5.74, 6) is 1.77. The summed E-state index contributed by atoms with van der Waals surface area (Å²) < 4.78 is 2.11. The van der Waals surface area contributed by atoms with Crippen LogP contribution in [-0.4, -0.2) is 33.4 Å². The van der Waals surface area contributed by atoms with Crippen molar-refractivity contribution in [2.24, 2.45) is 11.7 Å². The summed E-state index contributed by atoms with van der Waals surface area (Å²) in [6.07, 6.45) is 6.33. The van der Waals surface area contributed by atoms with Crippen molar-refractivity contribution in [1.29, 1.82) is 0 Å². The second kappa shape index (κ2) is 6.00. The van der Waals surface area contributed by atoms with Gasteiger partial charge in [0.1, 0.15) is 5.82 Å². The molecule has 5 heteroatoms. The van der Waals surface area contributed by atoms with Crippen LogP contribution in [-0.2, 0) is 17.9 Å². The van der Waals surface area contributed by atoms with Crippen LogP contribution in [0.25, 0.3) is 0 Å². The number of carbonyl (C=O) groups is 1. The highest BCUT2D eigenvalue weighted by Crippen LogP contribution is 2.15. The molecule has 0 spiro atoms. The van der Waals surface area contributed by atoms with Crippen molar-refractivity contribution in [1.82, 2.24) is 14.5 Å². The topological polar surface area (TPSA) is 64.2 Å². The molecule has 0 aliphatic carbocycles. The van der Waals surface area contributed by atoms with Crippen LogP contribution in [0.3, 0.4) is 0 Å². The minimum atomic E-state index is 0.244. The van der Waals surface area contributed by atoms with E-state index >= 15 is 0 Å². The number of hydrogen-bond donors (Lipinski definition) is 1. The predicted octanol–water partition coefficient (Wildman–Crippen LogP) is 0.990. The molecule has 1 aliphatic heterocycles. The molecule has 0 saturated carbocycles. The molecule has 2 N–H and O–H groups in total. The predicted molar refractivity (Wildman–Crippen MR) is 69.7 cm³/mol. The van der Waals surface area contributed by atoms with Gasteiger partial charge in [-0.2, -0.15) is 0 Å². The molecule has 18 heavy (non-hydrogen) atoms. The molecule has 1 unspecified atom stereocenters. The Kier molecular flexibility index (Phi) is 4.36. The Labute approximate surface area is 108 Å². The monoisotopic (exact) mass is 250 g/mol. The first kappa shape index (κ1) is 13.1. The van der Waals surface area contributed by atoms with Crippen LogP contribution < -0.4 is 5.73 Å². The lowest BCUT2D eigenvalue weighted by Gasteiger charge is -2.28. The third-order valence-electron chi connectivity index (χ3n) is 3.61.